The summed E-state index contributed by atoms with van der Waals surface area (Å²) in [5.74, 6) is -1.30. The van der Waals surface area contributed by atoms with Gasteiger partial charge in [-0.05, 0) is 49.4 Å². The molecule has 32 heavy (non-hydrogen) atoms. The lowest BCUT2D eigenvalue weighted by atomic mass is 10.1. The molecule has 0 saturated carbocycles. The molecule has 2 heterocycles. The summed E-state index contributed by atoms with van der Waals surface area (Å²) in [5.41, 5.74) is 0.547. The average molecular weight is 467 g/mol. The van der Waals surface area contributed by atoms with Crippen molar-refractivity contribution in [2.45, 2.75) is 32.9 Å². The van der Waals surface area contributed by atoms with Crippen LogP contribution >= 0.6 is 11.8 Å². The molecule has 0 aliphatic carbocycles. The van der Waals surface area contributed by atoms with E-state index in [9.17, 15) is 28.0 Å². The second-order valence-electron chi connectivity index (χ2n) is 7.61. The maximum atomic E-state index is 12.6. The number of carbonyl (C=O) groups excluding carboxylic acids is 4. The largest absolute Gasteiger partial charge is 0.435 e. The van der Waals surface area contributed by atoms with Gasteiger partial charge in [0.2, 0.25) is 11.8 Å². The zero-order valence-corrected chi connectivity index (χ0v) is 18.4. The van der Waals surface area contributed by atoms with Gasteiger partial charge in [-0.2, -0.15) is 8.78 Å². The molecule has 1 atom stereocenters. The van der Waals surface area contributed by atoms with Crippen molar-refractivity contribution in [2.24, 2.45) is 5.92 Å². The van der Waals surface area contributed by atoms with Crippen LogP contribution in [0.15, 0.2) is 29.2 Å². The van der Waals surface area contributed by atoms with Gasteiger partial charge in [0.05, 0.1) is 10.8 Å². The number of amides is 4. The third-order valence-corrected chi connectivity index (χ3v) is 5.97. The summed E-state index contributed by atoms with van der Waals surface area (Å²) in [6.07, 6.45) is 1.63. The highest BCUT2D eigenvalue weighted by Gasteiger charge is 2.37. The van der Waals surface area contributed by atoms with E-state index in [-0.39, 0.29) is 48.0 Å². The number of thioether (sulfide) groups is 1. The molecule has 1 unspecified atom stereocenters. The molecule has 0 spiro atoms. The predicted molar refractivity (Wildman–Crippen MR) is 114 cm³/mol. The van der Waals surface area contributed by atoms with E-state index < -0.39 is 23.7 Å². The number of benzene rings is 1. The Labute approximate surface area is 187 Å². The summed E-state index contributed by atoms with van der Waals surface area (Å²) < 4.78 is 28.7. The number of halogens is 2. The van der Waals surface area contributed by atoms with Gasteiger partial charge in [0.1, 0.15) is 5.75 Å². The highest BCUT2D eigenvalue weighted by molar-refractivity contribution is 8.18. The first-order valence-corrected chi connectivity index (χ1v) is 10.8. The molecular formula is C21H23F2N3O5S. The normalized spacial score (nSPS) is 20.2. The number of nitrogens with one attached hydrogen (secondary N) is 1. The second-order valence-corrected chi connectivity index (χ2v) is 8.61. The van der Waals surface area contributed by atoms with Gasteiger partial charge in [-0.15, -0.1) is 0 Å². The molecule has 2 fully saturated rings. The van der Waals surface area contributed by atoms with E-state index in [0.29, 0.717) is 12.1 Å². The van der Waals surface area contributed by atoms with Crippen LogP contribution < -0.4 is 10.1 Å². The fourth-order valence-corrected chi connectivity index (χ4v) is 4.30. The summed E-state index contributed by atoms with van der Waals surface area (Å²) >= 11 is 0.763. The molecule has 172 valence electrons. The third-order valence-electron chi connectivity index (χ3n) is 5.06. The lowest BCUT2D eigenvalue weighted by Crippen LogP contribution is -2.40. The Morgan fingerprint density at radius 1 is 1.25 bits per heavy atom. The van der Waals surface area contributed by atoms with Gasteiger partial charge in [-0.1, -0.05) is 12.1 Å². The van der Waals surface area contributed by atoms with Gasteiger partial charge < -0.3 is 15.0 Å². The molecule has 1 aromatic rings. The molecule has 2 aliphatic heterocycles. The molecule has 11 heteroatoms. The lowest BCUT2D eigenvalue weighted by Gasteiger charge is -2.20. The molecule has 0 radical (unpaired) electrons. The number of carbonyl (C=O) groups is 4. The molecule has 4 amide bonds. The Morgan fingerprint density at radius 3 is 2.53 bits per heavy atom. The molecule has 0 bridgehead atoms. The van der Waals surface area contributed by atoms with Gasteiger partial charge in [-0.3, -0.25) is 24.1 Å². The van der Waals surface area contributed by atoms with Crippen molar-refractivity contribution in [1.29, 1.82) is 0 Å². The lowest BCUT2D eigenvalue weighted by molar-refractivity contribution is -0.129. The monoisotopic (exact) mass is 467 g/mol. The standard InChI is InChI=1S/C21H23F2N3O5S/c1-12(2)26-11-14(10-17(26)27)18(28)24-7-8-25-19(29)16(32-21(25)30)9-13-3-5-15(6-4-13)31-20(22)23/h3-6,9,12,14,20H,7-8,10-11H2,1-2H3,(H,24,28)/b16-9-. The van der Waals surface area contributed by atoms with Crippen LogP contribution in [-0.2, 0) is 14.4 Å². The van der Waals surface area contributed by atoms with E-state index in [0.717, 1.165) is 16.7 Å². The number of ether oxygens (including phenoxy) is 1. The number of imide groups is 1. The number of likely N-dealkylation sites (tertiary alicyclic amines) is 1. The van der Waals surface area contributed by atoms with Crippen molar-refractivity contribution >= 4 is 40.8 Å². The minimum atomic E-state index is -2.93. The van der Waals surface area contributed by atoms with Crippen molar-refractivity contribution in [3.05, 3.63) is 34.7 Å². The Morgan fingerprint density at radius 2 is 1.94 bits per heavy atom. The van der Waals surface area contributed by atoms with Crippen LogP contribution in [-0.4, -0.2) is 65.0 Å². The molecule has 1 N–H and O–H groups in total. The van der Waals surface area contributed by atoms with E-state index >= 15 is 0 Å². The van der Waals surface area contributed by atoms with Crippen LogP contribution in [0.3, 0.4) is 0 Å². The molecule has 1 aromatic carbocycles. The maximum Gasteiger partial charge on any atom is 0.387 e. The first kappa shape index (κ1) is 23.7. The summed E-state index contributed by atoms with van der Waals surface area (Å²) in [5, 5.41) is 2.23. The number of hydrogen-bond donors (Lipinski definition) is 1. The van der Waals surface area contributed by atoms with Gasteiger partial charge in [-0.25, -0.2) is 0 Å². The van der Waals surface area contributed by atoms with Gasteiger partial charge in [0.25, 0.3) is 11.1 Å². The molecule has 0 aromatic heterocycles. The Kier molecular flexibility index (Phi) is 7.49. The predicted octanol–water partition coefficient (Wildman–Crippen LogP) is 2.70. The van der Waals surface area contributed by atoms with Gasteiger partial charge in [0.15, 0.2) is 0 Å². The number of nitrogens with zero attached hydrogens (tertiary/aromatic N) is 2. The van der Waals surface area contributed by atoms with Crippen molar-refractivity contribution in [1.82, 2.24) is 15.1 Å². The van der Waals surface area contributed by atoms with E-state index in [1.807, 2.05) is 13.8 Å². The Bertz CT molecular complexity index is 936. The first-order valence-electron chi connectivity index (χ1n) is 10.0. The maximum absolute atomic E-state index is 12.6. The van der Waals surface area contributed by atoms with Crippen LogP contribution in [0.25, 0.3) is 6.08 Å². The van der Waals surface area contributed by atoms with Crippen molar-refractivity contribution in [3.8, 4) is 5.75 Å². The SMILES string of the molecule is CC(C)N1CC(C(=O)NCCN2C(=O)S/C(=C\c3ccc(OC(F)F)cc3)C2=O)CC1=O. The van der Waals surface area contributed by atoms with Crippen LogP contribution in [0.2, 0.25) is 0 Å². The molecule has 2 aliphatic rings. The number of hydrogen-bond acceptors (Lipinski definition) is 6. The Hall–Kier alpha value is -2.95. The highest BCUT2D eigenvalue weighted by atomic mass is 32.2. The first-order chi connectivity index (χ1) is 15.2. The minimum absolute atomic E-state index is 0.00345. The van der Waals surface area contributed by atoms with Crippen LogP contribution in [0, 0.1) is 5.92 Å². The van der Waals surface area contributed by atoms with Gasteiger partial charge in [0, 0.05) is 32.1 Å². The molecule has 3 rings (SSSR count). The fraction of sp³-hybridized carbons (Fsp3) is 0.429. The van der Waals surface area contributed by atoms with Crippen molar-refractivity contribution in [2.75, 3.05) is 19.6 Å². The Balaban J connectivity index is 1.52. The summed E-state index contributed by atoms with van der Waals surface area (Å²) in [7, 11) is 0. The van der Waals surface area contributed by atoms with E-state index in [2.05, 4.69) is 10.1 Å². The molecule has 8 nitrogen and oxygen atoms in total. The highest BCUT2D eigenvalue weighted by Crippen LogP contribution is 2.32. The zero-order chi connectivity index (χ0) is 23.4. The average Bonchev–Trinajstić information content (AvgIpc) is 3.24. The van der Waals surface area contributed by atoms with E-state index in [4.69, 9.17) is 0 Å². The second kappa shape index (κ2) is 10.1. The smallest absolute Gasteiger partial charge is 0.387 e. The zero-order valence-electron chi connectivity index (χ0n) is 17.5. The van der Waals surface area contributed by atoms with Crippen molar-refractivity contribution in [3.63, 3.8) is 0 Å². The third kappa shape index (κ3) is 5.64. The summed E-state index contributed by atoms with van der Waals surface area (Å²) in [6, 6.07) is 5.69. The molecule has 2 saturated heterocycles. The molecular weight excluding hydrogens is 444 g/mol. The van der Waals surface area contributed by atoms with Crippen molar-refractivity contribution < 1.29 is 32.7 Å². The number of rotatable bonds is 8. The summed E-state index contributed by atoms with van der Waals surface area (Å²) in [4.78, 5) is 51.9. The van der Waals surface area contributed by atoms with Crippen LogP contribution in [0.4, 0.5) is 13.6 Å². The van der Waals surface area contributed by atoms with E-state index in [1.165, 1.54) is 30.3 Å². The fourth-order valence-electron chi connectivity index (χ4n) is 3.43. The minimum Gasteiger partial charge on any atom is -0.435 e. The quantitative estimate of drug-likeness (QED) is 0.591. The summed E-state index contributed by atoms with van der Waals surface area (Å²) in [6.45, 7) is 1.28. The van der Waals surface area contributed by atoms with Crippen LogP contribution in [0.1, 0.15) is 25.8 Å². The number of alkyl halides is 2. The van der Waals surface area contributed by atoms with Crippen LogP contribution in [0.5, 0.6) is 5.75 Å². The topological polar surface area (TPSA) is 96.0 Å². The van der Waals surface area contributed by atoms with E-state index in [1.54, 1.807) is 4.90 Å². The van der Waals surface area contributed by atoms with Gasteiger partial charge >= 0.3 is 6.61 Å².